The Hall–Kier alpha value is -1.71. The Balaban J connectivity index is 1.59. The van der Waals surface area contributed by atoms with E-state index in [1.165, 1.54) is 25.7 Å². The molecule has 2 bridgehead atoms. The van der Waals surface area contributed by atoms with E-state index >= 15 is 0 Å². The van der Waals surface area contributed by atoms with Crippen LogP contribution in [0.2, 0.25) is 0 Å². The number of benzene rings is 1. The number of carbonyl (C=O) groups is 1. The molecule has 4 heteroatoms. The fourth-order valence-corrected chi connectivity index (χ4v) is 3.86. The maximum atomic E-state index is 12.2. The number of nitrogens with one attached hydrogen (secondary N) is 1. The molecule has 3 rings (SSSR count). The molecule has 21 heavy (non-hydrogen) atoms. The van der Waals surface area contributed by atoms with Crippen LogP contribution in [0.1, 0.15) is 31.2 Å². The zero-order chi connectivity index (χ0) is 14.8. The summed E-state index contributed by atoms with van der Waals surface area (Å²) in [4.78, 5) is 12.2. The minimum absolute atomic E-state index is 0.111. The van der Waals surface area contributed by atoms with Gasteiger partial charge in [-0.25, -0.2) is 0 Å². The normalized spacial score (nSPS) is 26.7. The van der Waals surface area contributed by atoms with Crippen LogP contribution < -0.4 is 14.8 Å². The SMILES string of the molecule is COc1ccc(CC(=O)N[C@H]2C[C@H]3CC[C@H]2C3)cc1OC. The molecule has 2 aliphatic carbocycles. The van der Waals surface area contributed by atoms with Gasteiger partial charge in [-0.1, -0.05) is 12.5 Å². The second-order valence-corrected chi connectivity index (χ2v) is 6.21. The van der Waals surface area contributed by atoms with E-state index in [0.717, 1.165) is 11.5 Å². The van der Waals surface area contributed by atoms with Gasteiger partial charge in [0.05, 0.1) is 20.6 Å². The summed E-state index contributed by atoms with van der Waals surface area (Å²) >= 11 is 0. The molecule has 1 aromatic rings. The van der Waals surface area contributed by atoms with Gasteiger partial charge < -0.3 is 14.8 Å². The molecule has 0 unspecified atom stereocenters. The van der Waals surface area contributed by atoms with Crippen molar-refractivity contribution in [2.24, 2.45) is 11.8 Å². The second kappa shape index (κ2) is 5.96. The highest BCUT2D eigenvalue weighted by molar-refractivity contribution is 5.79. The van der Waals surface area contributed by atoms with Gasteiger partial charge in [-0.05, 0) is 48.8 Å². The first-order valence-corrected chi connectivity index (χ1v) is 7.70. The number of hydrogen-bond donors (Lipinski definition) is 1. The van der Waals surface area contributed by atoms with Crippen molar-refractivity contribution in [1.29, 1.82) is 0 Å². The van der Waals surface area contributed by atoms with Crippen molar-refractivity contribution in [3.05, 3.63) is 23.8 Å². The molecule has 3 atom stereocenters. The maximum Gasteiger partial charge on any atom is 0.224 e. The highest BCUT2D eigenvalue weighted by Gasteiger charge is 2.39. The summed E-state index contributed by atoms with van der Waals surface area (Å²) in [5.74, 6) is 3.03. The van der Waals surface area contributed by atoms with E-state index in [-0.39, 0.29) is 5.91 Å². The van der Waals surface area contributed by atoms with Crippen LogP contribution in [0.15, 0.2) is 18.2 Å². The molecule has 2 aliphatic rings. The van der Waals surface area contributed by atoms with E-state index < -0.39 is 0 Å². The van der Waals surface area contributed by atoms with E-state index in [4.69, 9.17) is 9.47 Å². The molecule has 0 spiro atoms. The predicted octanol–water partition coefficient (Wildman–Crippen LogP) is 2.55. The van der Waals surface area contributed by atoms with Gasteiger partial charge in [0.25, 0.3) is 0 Å². The zero-order valence-electron chi connectivity index (χ0n) is 12.7. The molecule has 0 heterocycles. The third-order valence-corrected chi connectivity index (χ3v) is 4.90. The third kappa shape index (κ3) is 2.99. The Morgan fingerprint density at radius 2 is 2.00 bits per heavy atom. The molecule has 0 aliphatic heterocycles. The van der Waals surface area contributed by atoms with Gasteiger partial charge in [-0.15, -0.1) is 0 Å². The van der Waals surface area contributed by atoms with Gasteiger partial charge in [0.2, 0.25) is 5.91 Å². The molecule has 1 N–H and O–H groups in total. The molecule has 0 saturated heterocycles. The first-order chi connectivity index (χ1) is 10.2. The predicted molar refractivity (Wildman–Crippen MR) is 80.6 cm³/mol. The Labute approximate surface area is 125 Å². The summed E-state index contributed by atoms with van der Waals surface area (Å²) in [6, 6.07) is 6.04. The van der Waals surface area contributed by atoms with Crippen molar-refractivity contribution in [3.63, 3.8) is 0 Å². The fourth-order valence-electron chi connectivity index (χ4n) is 3.86. The number of hydrogen-bond acceptors (Lipinski definition) is 3. The largest absolute Gasteiger partial charge is 0.493 e. The van der Waals surface area contributed by atoms with Crippen molar-refractivity contribution in [2.75, 3.05) is 14.2 Å². The first kappa shape index (κ1) is 14.2. The summed E-state index contributed by atoms with van der Waals surface area (Å²) in [5, 5.41) is 3.21. The average molecular weight is 289 g/mol. The van der Waals surface area contributed by atoms with E-state index in [9.17, 15) is 4.79 Å². The van der Waals surface area contributed by atoms with Crippen LogP contribution in [0.3, 0.4) is 0 Å². The van der Waals surface area contributed by atoms with Crippen LogP contribution in [-0.2, 0) is 11.2 Å². The average Bonchev–Trinajstić information content (AvgIpc) is 3.09. The van der Waals surface area contributed by atoms with Crippen LogP contribution in [0.5, 0.6) is 11.5 Å². The molecule has 2 fully saturated rings. The van der Waals surface area contributed by atoms with Gasteiger partial charge in [-0.3, -0.25) is 4.79 Å². The zero-order valence-corrected chi connectivity index (χ0v) is 12.7. The van der Waals surface area contributed by atoms with Crippen molar-refractivity contribution >= 4 is 5.91 Å². The lowest BCUT2D eigenvalue weighted by atomic mass is 9.95. The molecule has 1 amide bonds. The Bertz CT molecular complexity index is 529. The number of carbonyl (C=O) groups excluding carboxylic acids is 1. The third-order valence-electron chi connectivity index (χ3n) is 4.90. The van der Waals surface area contributed by atoms with Crippen LogP contribution in [0.4, 0.5) is 0 Å². The van der Waals surface area contributed by atoms with E-state index in [1.54, 1.807) is 14.2 Å². The Morgan fingerprint density at radius 3 is 2.62 bits per heavy atom. The van der Waals surface area contributed by atoms with Crippen LogP contribution >= 0.6 is 0 Å². The Kier molecular flexibility index (Phi) is 4.04. The van der Waals surface area contributed by atoms with Gasteiger partial charge in [0.15, 0.2) is 11.5 Å². The molecule has 4 nitrogen and oxygen atoms in total. The lowest BCUT2D eigenvalue weighted by molar-refractivity contribution is -0.121. The molecular weight excluding hydrogens is 266 g/mol. The van der Waals surface area contributed by atoms with Gasteiger partial charge in [0.1, 0.15) is 0 Å². The van der Waals surface area contributed by atoms with Crippen molar-refractivity contribution in [3.8, 4) is 11.5 Å². The highest BCUT2D eigenvalue weighted by atomic mass is 16.5. The molecule has 2 saturated carbocycles. The topological polar surface area (TPSA) is 47.6 Å². The molecule has 1 aromatic carbocycles. The molecule has 0 radical (unpaired) electrons. The Morgan fingerprint density at radius 1 is 1.19 bits per heavy atom. The number of ether oxygens (including phenoxy) is 2. The van der Waals surface area contributed by atoms with Crippen molar-refractivity contribution < 1.29 is 14.3 Å². The van der Waals surface area contributed by atoms with Crippen LogP contribution in [-0.4, -0.2) is 26.2 Å². The summed E-state index contributed by atoms with van der Waals surface area (Å²) < 4.78 is 10.5. The monoisotopic (exact) mass is 289 g/mol. The second-order valence-electron chi connectivity index (χ2n) is 6.21. The molecular formula is C17H23NO3. The molecule has 114 valence electrons. The smallest absolute Gasteiger partial charge is 0.224 e. The number of amides is 1. The fraction of sp³-hybridized carbons (Fsp3) is 0.588. The van der Waals surface area contributed by atoms with Crippen molar-refractivity contribution in [1.82, 2.24) is 5.32 Å². The minimum atomic E-state index is 0.111. The summed E-state index contributed by atoms with van der Waals surface area (Å²) in [6.07, 6.45) is 5.51. The maximum absolute atomic E-state index is 12.2. The van der Waals surface area contributed by atoms with Crippen LogP contribution in [0.25, 0.3) is 0 Å². The summed E-state index contributed by atoms with van der Waals surface area (Å²) in [7, 11) is 3.22. The minimum Gasteiger partial charge on any atom is -0.493 e. The van der Waals surface area contributed by atoms with Crippen LogP contribution in [0, 0.1) is 11.8 Å². The van der Waals surface area contributed by atoms with Gasteiger partial charge >= 0.3 is 0 Å². The van der Waals surface area contributed by atoms with Gasteiger partial charge in [-0.2, -0.15) is 0 Å². The summed E-state index contributed by atoms with van der Waals surface area (Å²) in [6.45, 7) is 0. The number of methoxy groups -OCH3 is 2. The quantitative estimate of drug-likeness (QED) is 0.906. The summed E-state index contributed by atoms with van der Waals surface area (Å²) in [5.41, 5.74) is 0.952. The standard InChI is InChI=1S/C17H23NO3/c1-20-15-6-4-12(9-16(15)21-2)10-17(19)18-14-8-11-3-5-13(14)7-11/h4,6,9,11,13-14H,3,5,7-8,10H2,1-2H3,(H,18,19)/t11-,13-,14-/m0/s1. The van der Waals surface area contributed by atoms with E-state index in [1.807, 2.05) is 18.2 Å². The lowest BCUT2D eigenvalue weighted by Gasteiger charge is -2.23. The first-order valence-electron chi connectivity index (χ1n) is 7.70. The molecule has 0 aromatic heterocycles. The number of fused-ring (bicyclic) bond motifs is 2. The van der Waals surface area contributed by atoms with E-state index in [0.29, 0.717) is 29.9 Å². The van der Waals surface area contributed by atoms with E-state index in [2.05, 4.69) is 5.32 Å². The van der Waals surface area contributed by atoms with Crippen molar-refractivity contribution in [2.45, 2.75) is 38.1 Å². The highest BCUT2D eigenvalue weighted by Crippen LogP contribution is 2.44. The van der Waals surface area contributed by atoms with Gasteiger partial charge in [0, 0.05) is 6.04 Å². The number of rotatable bonds is 5. The lowest BCUT2D eigenvalue weighted by Crippen LogP contribution is -2.39.